The highest BCUT2D eigenvalue weighted by Crippen LogP contribution is 2.42. The number of benzene rings is 3. The van der Waals surface area contributed by atoms with Gasteiger partial charge in [0.2, 0.25) is 12.5 Å². The molecular formula is C26H27NO5. The molecule has 1 atom stereocenters. The molecule has 6 heteroatoms. The van der Waals surface area contributed by atoms with Gasteiger partial charge in [-0.15, -0.1) is 0 Å². The molecule has 3 aromatic rings. The molecule has 0 saturated carbocycles. The Labute approximate surface area is 187 Å². The molecule has 3 aromatic carbocycles. The molecule has 0 amide bonds. The normalized spacial score (nSPS) is 16.1. The summed E-state index contributed by atoms with van der Waals surface area (Å²) in [7, 11) is 1.64. The molecule has 2 heterocycles. The second-order valence-corrected chi connectivity index (χ2v) is 8.16. The zero-order valence-electron chi connectivity index (χ0n) is 18.1. The molecule has 0 aliphatic carbocycles. The maximum absolute atomic E-state index is 10.8. The Morgan fingerprint density at radius 2 is 1.84 bits per heavy atom. The predicted octanol–water partition coefficient (Wildman–Crippen LogP) is 4.09. The van der Waals surface area contributed by atoms with Gasteiger partial charge in [0, 0.05) is 31.6 Å². The predicted molar refractivity (Wildman–Crippen MR) is 120 cm³/mol. The summed E-state index contributed by atoms with van der Waals surface area (Å²) in [5.74, 6) is 2.95. The quantitative estimate of drug-likeness (QED) is 0.632. The van der Waals surface area contributed by atoms with Crippen LogP contribution in [0, 0.1) is 0 Å². The van der Waals surface area contributed by atoms with Gasteiger partial charge in [-0.05, 0) is 41.0 Å². The molecule has 1 N–H and O–H groups in total. The van der Waals surface area contributed by atoms with Gasteiger partial charge in [-0.1, -0.05) is 36.4 Å². The number of fused-ring (bicyclic) bond motifs is 2. The molecule has 5 rings (SSSR count). The average Bonchev–Trinajstić information content (AvgIpc) is 3.19. The lowest BCUT2D eigenvalue weighted by Crippen LogP contribution is -2.25. The van der Waals surface area contributed by atoms with E-state index in [4.69, 9.17) is 18.9 Å². The number of nitrogens with zero attached hydrogens (tertiary/aromatic N) is 1. The lowest BCUT2D eigenvalue weighted by Gasteiger charge is -2.20. The molecule has 166 valence electrons. The summed E-state index contributed by atoms with van der Waals surface area (Å²) >= 11 is 0. The van der Waals surface area contributed by atoms with Crippen molar-refractivity contribution in [3.63, 3.8) is 0 Å². The van der Waals surface area contributed by atoms with Gasteiger partial charge in [0.1, 0.15) is 12.4 Å². The highest BCUT2D eigenvalue weighted by atomic mass is 16.7. The molecular weight excluding hydrogens is 406 g/mol. The van der Waals surface area contributed by atoms with E-state index in [0.717, 1.165) is 53.4 Å². The summed E-state index contributed by atoms with van der Waals surface area (Å²) in [4.78, 5) is 2.33. The van der Waals surface area contributed by atoms with Crippen molar-refractivity contribution in [3.8, 4) is 23.0 Å². The number of hydrogen-bond donors (Lipinski definition) is 1. The Morgan fingerprint density at radius 1 is 0.969 bits per heavy atom. The van der Waals surface area contributed by atoms with Crippen molar-refractivity contribution in [1.82, 2.24) is 4.90 Å². The number of ether oxygens (including phenoxy) is 4. The first-order valence-electron chi connectivity index (χ1n) is 10.9. The van der Waals surface area contributed by atoms with Crippen molar-refractivity contribution in [1.29, 1.82) is 0 Å². The molecule has 6 nitrogen and oxygen atoms in total. The number of aliphatic hydroxyl groups excluding tert-OH is 1. The molecule has 0 bridgehead atoms. The molecule has 2 aliphatic heterocycles. The van der Waals surface area contributed by atoms with Crippen LogP contribution in [0.4, 0.5) is 0 Å². The zero-order chi connectivity index (χ0) is 21.9. The maximum atomic E-state index is 10.8. The lowest BCUT2D eigenvalue weighted by atomic mass is 9.99. The van der Waals surface area contributed by atoms with Crippen LogP contribution < -0.4 is 18.9 Å². The highest BCUT2D eigenvalue weighted by Gasteiger charge is 2.22. The van der Waals surface area contributed by atoms with Gasteiger partial charge in [0.05, 0.1) is 13.2 Å². The third-order valence-electron chi connectivity index (χ3n) is 5.92. The summed E-state index contributed by atoms with van der Waals surface area (Å²) in [6.07, 6.45) is 0.0267. The lowest BCUT2D eigenvalue weighted by molar-refractivity contribution is 0.171. The van der Waals surface area contributed by atoms with E-state index in [0.29, 0.717) is 24.5 Å². The minimum atomic E-state index is -0.558. The van der Waals surface area contributed by atoms with E-state index in [9.17, 15) is 5.11 Å². The molecule has 32 heavy (non-hydrogen) atoms. The number of hydrogen-bond acceptors (Lipinski definition) is 6. The SMILES string of the molecule is COc1cc(CN2CCOc3ccc([C@H](O)Cc4ccccc4)cc3C2)cc2c1OCO2. The fourth-order valence-electron chi connectivity index (χ4n) is 4.30. The van der Waals surface area contributed by atoms with Crippen LogP contribution in [0.3, 0.4) is 0 Å². The van der Waals surface area contributed by atoms with Crippen molar-refractivity contribution >= 4 is 0 Å². The summed E-state index contributed by atoms with van der Waals surface area (Å²) in [5.41, 5.74) is 4.20. The van der Waals surface area contributed by atoms with Crippen molar-refractivity contribution in [2.75, 3.05) is 27.1 Å². The van der Waals surface area contributed by atoms with Crippen LogP contribution in [-0.4, -0.2) is 37.1 Å². The van der Waals surface area contributed by atoms with E-state index in [-0.39, 0.29) is 6.79 Å². The van der Waals surface area contributed by atoms with Crippen LogP contribution in [0.25, 0.3) is 0 Å². The summed E-state index contributed by atoms with van der Waals surface area (Å²) in [5, 5.41) is 10.8. The maximum Gasteiger partial charge on any atom is 0.231 e. The van der Waals surface area contributed by atoms with Gasteiger partial charge in [0.25, 0.3) is 0 Å². The molecule has 2 aliphatic rings. The second-order valence-electron chi connectivity index (χ2n) is 8.16. The Kier molecular flexibility index (Phi) is 5.88. The average molecular weight is 434 g/mol. The molecule has 0 unspecified atom stereocenters. The largest absolute Gasteiger partial charge is 0.493 e. The smallest absolute Gasteiger partial charge is 0.231 e. The van der Waals surface area contributed by atoms with Gasteiger partial charge in [-0.2, -0.15) is 0 Å². The number of aliphatic hydroxyl groups is 1. The minimum Gasteiger partial charge on any atom is -0.493 e. The van der Waals surface area contributed by atoms with E-state index in [2.05, 4.69) is 11.0 Å². The molecule has 0 spiro atoms. The van der Waals surface area contributed by atoms with E-state index >= 15 is 0 Å². The molecule has 0 saturated heterocycles. The first-order valence-corrected chi connectivity index (χ1v) is 10.9. The highest BCUT2D eigenvalue weighted by molar-refractivity contribution is 5.55. The minimum absolute atomic E-state index is 0.216. The van der Waals surface area contributed by atoms with Crippen molar-refractivity contribution < 1.29 is 24.1 Å². The summed E-state index contributed by atoms with van der Waals surface area (Å²) < 4.78 is 22.6. The number of rotatable bonds is 6. The number of methoxy groups -OCH3 is 1. The second kappa shape index (κ2) is 9.10. The van der Waals surface area contributed by atoms with Gasteiger partial charge in [-0.25, -0.2) is 0 Å². The third-order valence-corrected chi connectivity index (χ3v) is 5.92. The van der Waals surface area contributed by atoms with Gasteiger partial charge in [0.15, 0.2) is 11.5 Å². The van der Waals surface area contributed by atoms with E-state index < -0.39 is 6.10 Å². The van der Waals surface area contributed by atoms with Crippen molar-refractivity contribution in [2.45, 2.75) is 25.6 Å². The fourth-order valence-corrected chi connectivity index (χ4v) is 4.30. The van der Waals surface area contributed by atoms with Gasteiger partial charge >= 0.3 is 0 Å². The van der Waals surface area contributed by atoms with Gasteiger partial charge < -0.3 is 24.1 Å². The molecule has 0 radical (unpaired) electrons. The van der Waals surface area contributed by atoms with Gasteiger partial charge in [-0.3, -0.25) is 4.90 Å². The first-order chi connectivity index (χ1) is 15.7. The Hall–Kier alpha value is -3.22. The monoisotopic (exact) mass is 433 g/mol. The van der Waals surface area contributed by atoms with Crippen LogP contribution >= 0.6 is 0 Å². The van der Waals surface area contributed by atoms with Crippen LogP contribution in [0.1, 0.15) is 28.4 Å². The molecule has 0 aromatic heterocycles. The van der Waals surface area contributed by atoms with E-state index in [1.807, 2.05) is 54.6 Å². The van der Waals surface area contributed by atoms with Crippen LogP contribution in [-0.2, 0) is 19.5 Å². The molecule has 0 fully saturated rings. The fraction of sp³-hybridized carbons (Fsp3) is 0.308. The van der Waals surface area contributed by atoms with E-state index in [1.54, 1.807) is 7.11 Å². The Bertz CT molecular complexity index is 1090. The van der Waals surface area contributed by atoms with E-state index in [1.165, 1.54) is 0 Å². The van der Waals surface area contributed by atoms with Crippen LogP contribution in [0.5, 0.6) is 23.0 Å². The van der Waals surface area contributed by atoms with Crippen LogP contribution in [0.2, 0.25) is 0 Å². The Balaban J connectivity index is 1.33. The standard InChI is InChI=1S/C26H27NO5/c1-29-24-12-19(13-25-26(24)32-17-31-25)15-27-9-10-30-23-8-7-20(14-21(23)16-27)22(28)11-18-5-3-2-4-6-18/h2-8,12-14,22,28H,9-11,15-17H2,1H3/t22-/m1/s1. The topological polar surface area (TPSA) is 60.4 Å². The summed E-state index contributed by atoms with van der Waals surface area (Å²) in [6.45, 7) is 3.09. The first kappa shape index (κ1) is 20.7. The zero-order valence-corrected chi connectivity index (χ0v) is 18.1. The summed E-state index contributed by atoms with van der Waals surface area (Å²) in [6, 6.07) is 20.1. The van der Waals surface area contributed by atoms with Crippen molar-refractivity contribution in [3.05, 3.63) is 82.9 Å². The van der Waals surface area contributed by atoms with Crippen molar-refractivity contribution in [2.24, 2.45) is 0 Å². The Morgan fingerprint density at radius 3 is 2.69 bits per heavy atom. The van der Waals surface area contributed by atoms with Crippen LogP contribution in [0.15, 0.2) is 60.7 Å². The third kappa shape index (κ3) is 4.38.